The predicted molar refractivity (Wildman–Crippen MR) is 113 cm³/mol. The summed E-state index contributed by atoms with van der Waals surface area (Å²) >= 11 is 1.79. The van der Waals surface area contributed by atoms with Crippen molar-refractivity contribution in [3.63, 3.8) is 0 Å². The molecule has 5 nitrogen and oxygen atoms in total. The van der Waals surface area contributed by atoms with E-state index in [0.717, 1.165) is 50.7 Å². The molecule has 1 aliphatic rings. The van der Waals surface area contributed by atoms with Gasteiger partial charge in [0.15, 0.2) is 5.96 Å². The summed E-state index contributed by atoms with van der Waals surface area (Å²) in [6, 6.07) is 8.19. The second-order valence-electron chi connectivity index (χ2n) is 5.95. The molecule has 0 aromatic carbocycles. The van der Waals surface area contributed by atoms with Crippen LogP contribution in [0.25, 0.3) is 0 Å². The highest BCUT2D eigenvalue weighted by atomic mass is 127. The van der Waals surface area contributed by atoms with Gasteiger partial charge in [0.05, 0.1) is 18.9 Å². The number of rotatable bonds is 7. The van der Waals surface area contributed by atoms with Gasteiger partial charge in [0.25, 0.3) is 0 Å². The minimum Gasteiger partial charge on any atom is -0.469 e. The van der Waals surface area contributed by atoms with Gasteiger partial charge < -0.3 is 19.8 Å². The number of hydrogen-bond donors (Lipinski definition) is 2. The number of nitrogens with zero attached hydrogens (tertiary/aromatic N) is 1. The predicted octanol–water partition coefficient (Wildman–Crippen LogP) is 3.72. The summed E-state index contributed by atoms with van der Waals surface area (Å²) in [7, 11) is 0. The second-order valence-corrected chi connectivity index (χ2v) is 7.32. The summed E-state index contributed by atoms with van der Waals surface area (Å²) in [4.78, 5) is 7.30. The molecular formula is C18H26IN3O2S. The summed E-state index contributed by atoms with van der Waals surface area (Å²) in [5.41, 5.74) is 0. The van der Waals surface area contributed by atoms with Crippen LogP contribution in [-0.4, -0.2) is 31.8 Å². The molecule has 1 unspecified atom stereocenters. The molecule has 138 valence electrons. The van der Waals surface area contributed by atoms with E-state index in [-0.39, 0.29) is 24.0 Å². The lowest BCUT2D eigenvalue weighted by Gasteiger charge is -2.15. The van der Waals surface area contributed by atoms with E-state index < -0.39 is 0 Å². The molecule has 0 aliphatic carbocycles. The van der Waals surface area contributed by atoms with Crippen LogP contribution in [0.5, 0.6) is 0 Å². The minimum absolute atomic E-state index is 0. The van der Waals surface area contributed by atoms with E-state index >= 15 is 0 Å². The first-order chi connectivity index (χ1) is 11.8. The van der Waals surface area contributed by atoms with E-state index in [9.17, 15) is 0 Å². The molecule has 3 heterocycles. The topological polar surface area (TPSA) is 58.8 Å². The van der Waals surface area contributed by atoms with Gasteiger partial charge in [-0.1, -0.05) is 0 Å². The first-order valence-electron chi connectivity index (χ1n) is 8.51. The lowest BCUT2D eigenvalue weighted by atomic mass is 10.2. The van der Waals surface area contributed by atoms with Crippen LogP contribution in [0.3, 0.4) is 0 Å². The van der Waals surface area contributed by atoms with Gasteiger partial charge in [0.1, 0.15) is 5.76 Å². The van der Waals surface area contributed by atoms with E-state index in [1.807, 2.05) is 12.1 Å². The van der Waals surface area contributed by atoms with E-state index in [4.69, 9.17) is 14.1 Å². The normalized spacial score (nSPS) is 17.3. The highest BCUT2D eigenvalue weighted by molar-refractivity contribution is 14.0. The fourth-order valence-electron chi connectivity index (χ4n) is 2.68. The maximum atomic E-state index is 5.67. The zero-order valence-electron chi connectivity index (χ0n) is 14.5. The van der Waals surface area contributed by atoms with E-state index in [1.54, 1.807) is 17.6 Å². The highest BCUT2D eigenvalue weighted by Gasteiger charge is 2.15. The molecule has 1 aliphatic heterocycles. The number of ether oxygens (including phenoxy) is 1. The van der Waals surface area contributed by atoms with Crippen molar-refractivity contribution in [2.24, 2.45) is 4.99 Å². The van der Waals surface area contributed by atoms with Crippen molar-refractivity contribution in [1.82, 2.24) is 10.6 Å². The van der Waals surface area contributed by atoms with Gasteiger partial charge in [0, 0.05) is 35.9 Å². The monoisotopic (exact) mass is 475 g/mol. The Bertz CT molecular complexity index is 637. The number of aliphatic imine (C=N–C) groups is 1. The number of thiophene rings is 1. The van der Waals surface area contributed by atoms with Crippen molar-refractivity contribution in [1.29, 1.82) is 0 Å². The third-order valence-electron chi connectivity index (χ3n) is 3.95. The summed E-state index contributed by atoms with van der Waals surface area (Å²) in [5.74, 6) is 1.82. The first-order valence-corrected chi connectivity index (χ1v) is 9.33. The molecule has 0 radical (unpaired) electrons. The maximum Gasteiger partial charge on any atom is 0.191 e. The van der Waals surface area contributed by atoms with Gasteiger partial charge >= 0.3 is 0 Å². The fraction of sp³-hybridized carbons (Fsp3) is 0.500. The lowest BCUT2D eigenvalue weighted by molar-refractivity contribution is 0.114. The first kappa shape index (κ1) is 20.3. The smallest absolute Gasteiger partial charge is 0.191 e. The number of guanidine groups is 1. The van der Waals surface area contributed by atoms with Gasteiger partial charge in [-0.2, -0.15) is 0 Å². The molecule has 2 N–H and O–H groups in total. The SMILES string of the molecule is Cc1ccc(CN=C(NCCc2ccco2)NCC2CCCO2)s1.I. The van der Waals surface area contributed by atoms with Crippen molar-refractivity contribution >= 4 is 41.3 Å². The highest BCUT2D eigenvalue weighted by Crippen LogP contribution is 2.15. The van der Waals surface area contributed by atoms with E-state index in [1.165, 1.54) is 9.75 Å². The number of furan rings is 1. The van der Waals surface area contributed by atoms with Crippen molar-refractivity contribution in [2.75, 3.05) is 19.7 Å². The molecule has 1 atom stereocenters. The number of hydrogen-bond acceptors (Lipinski definition) is 4. The number of halogens is 1. The quantitative estimate of drug-likeness (QED) is 0.364. The number of nitrogens with one attached hydrogen (secondary N) is 2. The van der Waals surface area contributed by atoms with Crippen LogP contribution in [0, 0.1) is 6.92 Å². The maximum absolute atomic E-state index is 5.67. The second kappa shape index (κ2) is 10.8. The van der Waals surface area contributed by atoms with Crippen LogP contribution >= 0.6 is 35.3 Å². The molecule has 1 saturated heterocycles. The third kappa shape index (κ3) is 6.99. The van der Waals surface area contributed by atoms with Crippen LogP contribution in [0.2, 0.25) is 0 Å². The molecular weight excluding hydrogens is 449 g/mol. The lowest BCUT2D eigenvalue weighted by Crippen LogP contribution is -2.41. The Balaban J connectivity index is 0.00000225. The number of aryl methyl sites for hydroxylation is 1. The molecule has 2 aromatic heterocycles. The standard InChI is InChI=1S/C18H25N3O2S.HI/c1-14-6-7-17(24-14)13-21-18(20-12-16-5-3-11-23-16)19-9-8-15-4-2-10-22-15;/h2,4,6-7,10,16H,3,5,8-9,11-13H2,1H3,(H2,19,20,21);1H. The zero-order chi connectivity index (χ0) is 16.6. The van der Waals surface area contributed by atoms with E-state index in [0.29, 0.717) is 12.6 Å². The average molecular weight is 475 g/mol. The Morgan fingerprint density at radius 1 is 1.32 bits per heavy atom. The summed E-state index contributed by atoms with van der Waals surface area (Å²) in [5, 5.41) is 6.79. The Morgan fingerprint density at radius 3 is 2.92 bits per heavy atom. The Labute approximate surface area is 170 Å². The molecule has 3 rings (SSSR count). The minimum atomic E-state index is 0. The summed E-state index contributed by atoms with van der Waals surface area (Å²) in [6.45, 7) is 5.28. The van der Waals surface area contributed by atoms with Crippen molar-refractivity contribution in [2.45, 2.75) is 38.8 Å². The summed E-state index contributed by atoms with van der Waals surface area (Å²) in [6.07, 6.45) is 5.12. The molecule has 0 bridgehead atoms. The molecule has 2 aromatic rings. The zero-order valence-corrected chi connectivity index (χ0v) is 17.6. The fourth-order valence-corrected chi connectivity index (χ4v) is 3.49. The van der Waals surface area contributed by atoms with Crippen LogP contribution < -0.4 is 10.6 Å². The molecule has 7 heteroatoms. The Hall–Kier alpha value is -1.06. The van der Waals surface area contributed by atoms with Gasteiger partial charge in [-0.25, -0.2) is 4.99 Å². The summed E-state index contributed by atoms with van der Waals surface area (Å²) < 4.78 is 11.0. The molecule has 0 spiro atoms. The van der Waals surface area contributed by atoms with E-state index in [2.05, 4.69) is 29.7 Å². The van der Waals surface area contributed by atoms with Gasteiger partial charge in [-0.05, 0) is 44.0 Å². The van der Waals surface area contributed by atoms with Crippen LogP contribution in [0.4, 0.5) is 0 Å². The van der Waals surface area contributed by atoms with Crippen LogP contribution in [0.15, 0.2) is 39.9 Å². The average Bonchev–Trinajstić information content (AvgIpc) is 3.32. The molecule has 1 fully saturated rings. The molecule has 0 amide bonds. The van der Waals surface area contributed by atoms with Crippen molar-refractivity contribution in [3.05, 3.63) is 46.0 Å². The van der Waals surface area contributed by atoms with Crippen molar-refractivity contribution < 1.29 is 9.15 Å². The van der Waals surface area contributed by atoms with Gasteiger partial charge in [-0.15, -0.1) is 35.3 Å². The molecule has 0 saturated carbocycles. The molecule has 25 heavy (non-hydrogen) atoms. The largest absolute Gasteiger partial charge is 0.469 e. The van der Waals surface area contributed by atoms with Crippen LogP contribution in [0.1, 0.15) is 28.4 Å². The third-order valence-corrected chi connectivity index (χ3v) is 4.94. The van der Waals surface area contributed by atoms with Crippen molar-refractivity contribution in [3.8, 4) is 0 Å². The van der Waals surface area contributed by atoms with Gasteiger partial charge in [-0.3, -0.25) is 0 Å². The van der Waals surface area contributed by atoms with Gasteiger partial charge in [0.2, 0.25) is 0 Å². The Kier molecular flexibility index (Phi) is 8.77. The van der Waals surface area contributed by atoms with Crippen LogP contribution in [-0.2, 0) is 17.7 Å². The Morgan fingerprint density at radius 2 is 2.24 bits per heavy atom.